The molecule has 0 bridgehead atoms. The fraction of sp³-hybridized carbons (Fsp3) is 0.923. The van der Waals surface area contributed by atoms with E-state index in [2.05, 4.69) is 11.9 Å². The van der Waals surface area contributed by atoms with Crippen molar-refractivity contribution in [2.24, 2.45) is 16.7 Å². The summed E-state index contributed by atoms with van der Waals surface area (Å²) in [5.41, 5.74) is -0.480. The van der Waals surface area contributed by atoms with Crippen LogP contribution in [0.1, 0.15) is 25.7 Å². The van der Waals surface area contributed by atoms with Gasteiger partial charge in [0.1, 0.15) is 0 Å². The van der Waals surface area contributed by atoms with E-state index in [1.165, 1.54) is 0 Å². The fourth-order valence-electron chi connectivity index (χ4n) is 3.84. The van der Waals surface area contributed by atoms with Gasteiger partial charge in [-0.1, -0.05) is 0 Å². The summed E-state index contributed by atoms with van der Waals surface area (Å²) in [6, 6.07) is 0. The number of hydrogen-bond donors (Lipinski definition) is 1. The molecule has 0 spiro atoms. The topological polar surface area (TPSA) is 49.8 Å². The number of piperidine rings is 1. The molecule has 1 N–H and O–H groups in total. The van der Waals surface area contributed by atoms with Crippen molar-refractivity contribution in [3.8, 4) is 0 Å². The lowest BCUT2D eigenvalue weighted by Crippen LogP contribution is -2.58. The number of hydrogen-bond acceptors (Lipinski definition) is 3. The average molecular weight is 239 g/mol. The molecule has 3 aliphatic rings. The molecule has 96 valence electrons. The van der Waals surface area contributed by atoms with E-state index in [4.69, 9.17) is 4.74 Å². The Morgan fingerprint density at radius 2 is 1.88 bits per heavy atom. The second-order valence-corrected chi connectivity index (χ2v) is 6.11. The second-order valence-electron chi connectivity index (χ2n) is 6.11. The van der Waals surface area contributed by atoms with Gasteiger partial charge < -0.3 is 14.7 Å². The van der Waals surface area contributed by atoms with Crippen LogP contribution in [0.25, 0.3) is 0 Å². The van der Waals surface area contributed by atoms with Crippen molar-refractivity contribution in [3.05, 3.63) is 0 Å². The van der Waals surface area contributed by atoms with Gasteiger partial charge in [0.2, 0.25) is 0 Å². The quantitative estimate of drug-likeness (QED) is 0.804. The van der Waals surface area contributed by atoms with Crippen LogP contribution in [0.2, 0.25) is 0 Å². The molecule has 4 heteroatoms. The molecular weight excluding hydrogens is 218 g/mol. The highest BCUT2D eigenvalue weighted by Crippen LogP contribution is 2.66. The Morgan fingerprint density at radius 1 is 1.29 bits per heavy atom. The average Bonchev–Trinajstić information content (AvgIpc) is 3.01. The van der Waals surface area contributed by atoms with Crippen molar-refractivity contribution in [2.45, 2.75) is 25.7 Å². The number of rotatable bonds is 3. The summed E-state index contributed by atoms with van der Waals surface area (Å²) >= 11 is 0. The van der Waals surface area contributed by atoms with Gasteiger partial charge in [0.25, 0.3) is 0 Å². The molecule has 0 atom stereocenters. The normalized spacial score (nSPS) is 31.8. The minimum atomic E-state index is -0.584. The maximum Gasteiger partial charge on any atom is 0.310 e. The van der Waals surface area contributed by atoms with Crippen molar-refractivity contribution in [1.82, 2.24) is 4.90 Å². The number of carboxylic acids is 1. The minimum absolute atomic E-state index is 0.0416. The molecule has 0 aromatic carbocycles. The first-order chi connectivity index (χ1) is 8.11. The first kappa shape index (κ1) is 11.5. The standard InChI is InChI=1S/C13H21NO3/c1-14-6-2-10(3-7-14)13(8-17-9-13)12(4-5-12)11(15)16/h10H,2-9H2,1H3,(H,15,16). The smallest absolute Gasteiger partial charge is 0.310 e. The molecule has 1 aliphatic carbocycles. The third-order valence-corrected chi connectivity index (χ3v) is 5.33. The van der Waals surface area contributed by atoms with Crippen molar-refractivity contribution >= 4 is 5.97 Å². The first-order valence-electron chi connectivity index (χ1n) is 6.60. The molecule has 0 amide bonds. The molecule has 0 radical (unpaired) electrons. The Kier molecular flexibility index (Phi) is 2.49. The predicted octanol–water partition coefficient (Wildman–Crippen LogP) is 1.21. The molecular formula is C13H21NO3. The Morgan fingerprint density at radius 3 is 2.24 bits per heavy atom. The summed E-state index contributed by atoms with van der Waals surface area (Å²) < 4.78 is 5.42. The highest BCUT2D eigenvalue weighted by molar-refractivity contribution is 5.79. The summed E-state index contributed by atoms with van der Waals surface area (Å²) in [6.07, 6.45) is 3.99. The van der Waals surface area contributed by atoms with Crippen LogP contribution in [0.4, 0.5) is 0 Å². The van der Waals surface area contributed by atoms with Gasteiger partial charge in [-0.25, -0.2) is 0 Å². The molecule has 3 fully saturated rings. The van der Waals surface area contributed by atoms with Gasteiger partial charge in [-0.2, -0.15) is 0 Å². The fourth-order valence-corrected chi connectivity index (χ4v) is 3.84. The molecule has 2 aliphatic heterocycles. The van der Waals surface area contributed by atoms with E-state index >= 15 is 0 Å². The van der Waals surface area contributed by atoms with Gasteiger partial charge in [0.05, 0.1) is 18.6 Å². The number of aliphatic carboxylic acids is 1. The van der Waals surface area contributed by atoms with Crippen LogP contribution in [-0.2, 0) is 9.53 Å². The lowest BCUT2D eigenvalue weighted by Gasteiger charge is -2.53. The summed E-state index contributed by atoms with van der Waals surface area (Å²) in [5.74, 6) is -0.0363. The Balaban J connectivity index is 1.81. The zero-order valence-corrected chi connectivity index (χ0v) is 10.4. The zero-order valence-electron chi connectivity index (χ0n) is 10.4. The monoisotopic (exact) mass is 239 g/mol. The highest BCUT2D eigenvalue weighted by atomic mass is 16.5. The van der Waals surface area contributed by atoms with Crippen LogP contribution < -0.4 is 0 Å². The highest BCUT2D eigenvalue weighted by Gasteiger charge is 2.69. The van der Waals surface area contributed by atoms with Crippen LogP contribution in [0.3, 0.4) is 0 Å². The number of carboxylic acid groups (broad SMARTS) is 1. The van der Waals surface area contributed by atoms with Crippen LogP contribution in [-0.4, -0.2) is 49.3 Å². The first-order valence-corrected chi connectivity index (χ1v) is 6.60. The molecule has 3 rings (SSSR count). The van der Waals surface area contributed by atoms with Crippen molar-refractivity contribution < 1.29 is 14.6 Å². The van der Waals surface area contributed by atoms with E-state index in [0.717, 1.165) is 38.8 Å². The van der Waals surface area contributed by atoms with Crippen molar-refractivity contribution in [1.29, 1.82) is 0 Å². The van der Waals surface area contributed by atoms with Gasteiger partial charge in [0, 0.05) is 5.41 Å². The Labute approximate surface area is 102 Å². The molecule has 0 aromatic rings. The maximum absolute atomic E-state index is 11.6. The lowest BCUT2D eigenvalue weighted by atomic mass is 9.60. The number of carbonyl (C=O) groups is 1. The lowest BCUT2D eigenvalue weighted by molar-refractivity contribution is -0.207. The van der Waals surface area contributed by atoms with Gasteiger partial charge in [-0.05, 0) is 51.7 Å². The molecule has 2 saturated heterocycles. The summed E-state index contributed by atoms with van der Waals surface area (Å²) in [6.45, 7) is 3.55. The third-order valence-electron chi connectivity index (χ3n) is 5.33. The van der Waals surface area contributed by atoms with Crippen molar-refractivity contribution in [3.63, 3.8) is 0 Å². The van der Waals surface area contributed by atoms with E-state index in [-0.39, 0.29) is 5.41 Å². The van der Waals surface area contributed by atoms with E-state index in [0.29, 0.717) is 19.1 Å². The Hall–Kier alpha value is -0.610. The van der Waals surface area contributed by atoms with E-state index in [1.54, 1.807) is 0 Å². The number of nitrogens with zero attached hydrogens (tertiary/aromatic N) is 1. The maximum atomic E-state index is 11.6. The summed E-state index contributed by atoms with van der Waals surface area (Å²) in [4.78, 5) is 13.9. The van der Waals surface area contributed by atoms with E-state index in [9.17, 15) is 9.90 Å². The van der Waals surface area contributed by atoms with Gasteiger partial charge >= 0.3 is 5.97 Å². The molecule has 0 unspecified atom stereocenters. The third kappa shape index (κ3) is 1.47. The number of ether oxygens (including phenoxy) is 1. The largest absolute Gasteiger partial charge is 0.481 e. The molecule has 0 aromatic heterocycles. The second kappa shape index (κ2) is 3.69. The molecule has 1 saturated carbocycles. The van der Waals surface area contributed by atoms with E-state index < -0.39 is 11.4 Å². The van der Waals surface area contributed by atoms with Crippen LogP contribution in [0.5, 0.6) is 0 Å². The molecule has 2 heterocycles. The SMILES string of the molecule is CN1CCC(C2(C3(C(=O)O)CC3)COC2)CC1. The molecule has 4 nitrogen and oxygen atoms in total. The molecule has 17 heavy (non-hydrogen) atoms. The van der Waals surface area contributed by atoms with Crippen molar-refractivity contribution in [2.75, 3.05) is 33.4 Å². The van der Waals surface area contributed by atoms with E-state index in [1.807, 2.05) is 0 Å². The predicted molar refractivity (Wildman–Crippen MR) is 62.8 cm³/mol. The van der Waals surface area contributed by atoms with Gasteiger partial charge in [-0.15, -0.1) is 0 Å². The minimum Gasteiger partial charge on any atom is -0.481 e. The van der Waals surface area contributed by atoms with Gasteiger partial charge in [0.15, 0.2) is 0 Å². The number of likely N-dealkylation sites (tertiary alicyclic amines) is 1. The summed E-state index contributed by atoms with van der Waals surface area (Å²) in [7, 11) is 2.14. The van der Waals surface area contributed by atoms with Gasteiger partial charge in [-0.3, -0.25) is 4.79 Å². The van der Waals surface area contributed by atoms with Crippen LogP contribution >= 0.6 is 0 Å². The summed E-state index contributed by atoms with van der Waals surface area (Å²) in [5, 5.41) is 9.52. The van der Waals surface area contributed by atoms with Crippen LogP contribution in [0, 0.1) is 16.7 Å². The zero-order chi connectivity index (χ0) is 12.1. The van der Waals surface area contributed by atoms with Crippen LogP contribution in [0.15, 0.2) is 0 Å². The Bertz CT molecular complexity index is 326.